The minimum absolute atomic E-state index is 0.0376. The maximum absolute atomic E-state index is 14.0. The number of benzene rings is 1. The topological polar surface area (TPSA) is 49.4 Å². The highest BCUT2D eigenvalue weighted by Crippen LogP contribution is 2.35. The number of hydrogen-bond acceptors (Lipinski definition) is 3. The summed E-state index contributed by atoms with van der Waals surface area (Å²) < 4.78 is 14.0. The fourth-order valence-electron chi connectivity index (χ4n) is 3.02. The lowest BCUT2D eigenvalue weighted by molar-refractivity contribution is -0.117. The van der Waals surface area contributed by atoms with Gasteiger partial charge in [-0.2, -0.15) is 0 Å². The summed E-state index contributed by atoms with van der Waals surface area (Å²) in [4.78, 5) is 27.5. The van der Waals surface area contributed by atoms with E-state index in [0.717, 1.165) is 31.2 Å². The summed E-state index contributed by atoms with van der Waals surface area (Å²) in [7, 11) is 0. The van der Waals surface area contributed by atoms with Crippen molar-refractivity contribution in [2.45, 2.75) is 45.2 Å². The number of thiophene rings is 1. The molecule has 2 aliphatic rings. The van der Waals surface area contributed by atoms with Crippen LogP contribution in [0.4, 0.5) is 9.39 Å². The van der Waals surface area contributed by atoms with Crippen LogP contribution in [-0.4, -0.2) is 22.8 Å². The average Bonchev–Trinajstić information content (AvgIpc) is 3.52. The molecule has 1 N–H and O–H groups in total. The number of rotatable bonds is 6. The van der Waals surface area contributed by atoms with Gasteiger partial charge in [0, 0.05) is 24.1 Å². The first-order valence-corrected chi connectivity index (χ1v) is 9.80. The van der Waals surface area contributed by atoms with Crippen LogP contribution in [0.5, 0.6) is 0 Å². The van der Waals surface area contributed by atoms with Gasteiger partial charge in [0.2, 0.25) is 5.91 Å². The molecule has 0 spiro atoms. The zero-order valence-corrected chi connectivity index (χ0v) is 15.4. The Hall–Kier alpha value is -2.21. The molecule has 1 aromatic carbocycles. The molecule has 0 bridgehead atoms. The molecule has 0 atom stereocenters. The number of hydrogen-bond donors (Lipinski definition) is 1. The van der Waals surface area contributed by atoms with E-state index >= 15 is 0 Å². The third-order valence-corrected chi connectivity index (χ3v) is 5.99. The van der Waals surface area contributed by atoms with Crippen LogP contribution in [0.1, 0.15) is 46.5 Å². The van der Waals surface area contributed by atoms with Crippen molar-refractivity contribution in [1.29, 1.82) is 0 Å². The molecule has 2 saturated carbocycles. The third-order valence-electron chi connectivity index (χ3n) is 4.85. The molecular formula is C20H21FN2O2S. The third kappa shape index (κ3) is 3.65. The van der Waals surface area contributed by atoms with E-state index in [4.69, 9.17) is 0 Å². The monoisotopic (exact) mass is 372 g/mol. The maximum atomic E-state index is 14.0. The number of nitrogens with one attached hydrogen (secondary N) is 1. The van der Waals surface area contributed by atoms with Crippen molar-refractivity contribution in [3.63, 3.8) is 0 Å². The second kappa shape index (κ2) is 6.83. The van der Waals surface area contributed by atoms with E-state index in [9.17, 15) is 14.0 Å². The maximum Gasteiger partial charge on any atom is 0.264 e. The zero-order chi connectivity index (χ0) is 18.3. The summed E-state index contributed by atoms with van der Waals surface area (Å²) >= 11 is 1.31. The van der Waals surface area contributed by atoms with Crippen molar-refractivity contribution < 1.29 is 14.0 Å². The average molecular weight is 372 g/mol. The molecule has 0 saturated heterocycles. The summed E-state index contributed by atoms with van der Waals surface area (Å²) in [5, 5.41) is 3.62. The summed E-state index contributed by atoms with van der Waals surface area (Å²) in [5.74, 6) is -0.201. The molecule has 2 amide bonds. The van der Waals surface area contributed by atoms with Crippen molar-refractivity contribution in [1.82, 2.24) is 4.90 Å². The minimum atomic E-state index is -0.286. The van der Waals surface area contributed by atoms with Gasteiger partial charge in [0.1, 0.15) is 5.82 Å². The molecule has 2 fully saturated rings. The van der Waals surface area contributed by atoms with Gasteiger partial charge in [-0.3, -0.25) is 9.59 Å². The first-order valence-electron chi connectivity index (χ1n) is 8.98. The van der Waals surface area contributed by atoms with Crippen LogP contribution in [0.2, 0.25) is 0 Å². The smallest absolute Gasteiger partial charge is 0.264 e. The van der Waals surface area contributed by atoms with E-state index in [1.54, 1.807) is 23.1 Å². The van der Waals surface area contributed by atoms with Crippen LogP contribution in [0.3, 0.4) is 0 Å². The molecule has 2 aliphatic carbocycles. The van der Waals surface area contributed by atoms with Crippen molar-refractivity contribution in [2.24, 2.45) is 5.92 Å². The van der Waals surface area contributed by atoms with Crippen molar-refractivity contribution in [3.8, 4) is 0 Å². The minimum Gasteiger partial charge on any atom is -0.331 e. The van der Waals surface area contributed by atoms with Crippen LogP contribution in [0, 0.1) is 18.7 Å². The highest BCUT2D eigenvalue weighted by molar-refractivity contribution is 7.18. The van der Waals surface area contributed by atoms with Gasteiger partial charge in [0.25, 0.3) is 5.91 Å². The Morgan fingerprint density at radius 3 is 2.62 bits per heavy atom. The Bertz CT molecular complexity index is 855. The van der Waals surface area contributed by atoms with Crippen molar-refractivity contribution in [2.75, 3.05) is 5.32 Å². The van der Waals surface area contributed by atoms with E-state index < -0.39 is 0 Å². The van der Waals surface area contributed by atoms with Crippen molar-refractivity contribution in [3.05, 3.63) is 52.2 Å². The van der Waals surface area contributed by atoms with Gasteiger partial charge in [-0.1, -0.05) is 18.2 Å². The largest absolute Gasteiger partial charge is 0.331 e. The molecule has 2 aromatic rings. The van der Waals surface area contributed by atoms with Crippen LogP contribution in [-0.2, 0) is 11.3 Å². The molecule has 1 heterocycles. The number of nitrogens with zero attached hydrogens (tertiary/aromatic N) is 1. The van der Waals surface area contributed by atoms with E-state index in [-0.39, 0.29) is 36.1 Å². The second-order valence-electron chi connectivity index (χ2n) is 7.14. The summed E-state index contributed by atoms with van der Waals surface area (Å²) in [6, 6.07) is 8.61. The Labute approximate surface area is 156 Å². The van der Waals surface area contributed by atoms with E-state index in [1.165, 1.54) is 17.4 Å². The number of aryl methyl sites for hydroxylation is 1. The molecule has 1 aromatic heterocycles. The Kier molecular flexibility index (Phi) is 4.53. The van der Waals surface area contributed by atoms with Gasteiger partial charge in [-0.05, 0) is 50.3 Å². The first-order chi connectivity index (χ1) is 12.5. The molecule has 26 heavy (non-hydrogen) atoms. The van der Waals surface area contributed by atoms with Crippen LogP contribution >= 0.6 is 11.3 Å². The number of carbonyl (C=O) groups excluding carboxylic acids is 2. The molecule has 4 rings (SSSR count). The standard InChI is InChI=1S/C20H21FN2O2S/c1-12-10-17(22-19(24)13-6-7-13)26-18(12)20(25)23(15-8-9-15)11-14-4-2-3-5-16(14)21/h2-5,10,13,15H,6-9,11H2,1H3,(H,22,24). The highest BCUT2D eigenvalue weighted by atomic mass is 32.1. The number of amides is 2. The van der Waals surface area contributed by atoms with Gasteiger partial charge in [-0.15, -0.1) is 11.3 Å². The molecule has 4 nitrogen and oxygen atoms in total. The number of carbonyl (C=O) groups is 2. The SMILES string of the molecule is Cc1cc(NC(=O)C2CC2)sc1C(=O)N(Cc1ccccc1F)C1CC1. The summed E-state index contributed by atoms with van der Waals surface area (Å²) in [6.45, 7) is 2.15. The fourth-order valence-corrected chi connectivity index (χ4v) is 4.05. The number of anilines is 1. The summed E-state index contributed by atoms with van der Waals surface area (Å²) in [5.41, 5.74) is 1.38. The predicted octanol–water partition coefficient (Wildman–Crippen LogP) is 4.35. The van der Waals surface area contributed by atoms with Gasteiger partial charge < -0.3 is 10.2 Å². The molecular weight excluding hydrogens is 351 g/mol. The lowest BCUT2D eigenvalue weighted by atomic mass is 10.2. The van der Waals surface area contributed by atoms with Gasteiger partial charge >= 0.3 is 0 Å². The second-order valence-corrected chi connectivity index (χ2v) is 8.19. The normalized spacial score (nSPS) is 16.4. The van der Waals surface area contributed by atoms with Crippen LogP contribution < -0.4 is 5.32 Å². The molecule has 0 aliphatic heterocycles. The van der Waals surface area contributed by atoms with Crippen LogP contribution in [0.15, 0.2) is 30.3 Å². The zero-order valence-electron chi connectivity index (χ0n) is 14.6. The van der Waals surface area contributed by atoms with E-state index in [0.29, 0.717) is 15.4 Å². The Balaban J connectivity index is 1.53. The Morgan fingerprint density at radius 2 is 1.96 bits per heavy atom. The van der Waals surface area contributed by atoms with Crippen molar-refractivity contribution >= 4 is 28.2 Å². The molecule has 0 radical (unpaired) electrons. The molecule has 6 heteroatoms. The Morgan fingerprint density at radius 1 is 1.23 bits per heavy atom. The highest BCUT2D eigenvalue weighted by Gasteiger charge is 2.35. The van der Waals surface area contributed by atoms with Gasteiger partial charge in [0.15, 0.2) is 0 Å². The summed E-state index contributed by atoms with van der Waals surface area (Å²) in [6.07, 6.45) is 3.80. The molecule has 0 unspecified atom stereocenters. The fraction of sp³-hybridized carbons (Fsp3) is 0.400. The number of halogens is 1. The quantitative estimate of drug-likeness (QED) is 0.820. The predicted molar refractivity (Wildman–Crippen MR) is 99.7 cm³/mol. The van der Waals surface area contributed by atoms with E-state index in [2.05, 4.69) is 5.32 Å². The van der Waals surface area contributed by atoms with Gasteiger partial charge in [0.05, 0.1) is 9.88 Å². The lowest BCUT2D eigenvalue weighted by Gasteiger charge is -2.22. The van der Waals surface area contributed by atoms with Crippen LogP contribution in [0.25, 0.3) is 0 Å². The molecule has 136 valence electrons. The lowest BCUT2D eigenvalue weighted by Crippen LogP contribution is -2.32. The first kappa shape index (κ1) is 17.2. The van der Waals surface area contributed by atoms with Gasteiger partial charge in [-0.25, -0.2) is 4.39 Å². The van der Waals surface area contributed by atoms with E-state index in [1.807, 2.05) is 13.0 Å².